The fourth-order valence-electron chi connectivity index (χ4n) is 1.99. The first-order valence-corrected chi connectivity index (χ1v) is 5.64. The lowest BCUT2D eigenvalue weighted by molar-refractivity contribution is -0.127. The summed E-state index contributed by atoms with van der Waals surface area (Å²) in [4.78, 5) is 14.0. The van der Waals surface area contributed by atoms with Crippen molar-refractivity contribution in [1.29, 1.82) is 0 Å². The number of amides is 1. The molecule has 1 saturated heterocycles. The van der Waals surface area contributed by atoms with Gasteiger partial charge in [0.15, 0.2) is 0 Å². The Morgan fingerprint density at radius 3 is 2.60 bits per heavy atom. The van der Waals surface area contributed by atoms with Gasteiger partial charge in [0.2, 0.25) is 5.91 Å². The van der Waals surface area contributed by atoms with Crippen LogP contribution in [0.3, 0.4) is 0 Å². The van der Waals surface area contributed by atoms with Crippen LogP contribution in [0.5, 0.6) is 0 Å². The predicted octanol–water partition coefficient (Wildman–Crippen LogP) is 1.08. The molecule has 1 aliphatic heterocycles. The smallest absolute Gasteiger partial charge is 0.249 e. The van der Waals surface area contributed by atoms with E-state index in [2.05, 4.69) is 18.3 Å². The van der Waals surface area contributed by atoms with Crippen LogP contribution in [0, 0.1) is 0 Å². The molecule has 0 spiro atoms. The van der Waals surface area contributed by atoms with Crippen molar-refractivity contribution in [1.82, 2.24) is 10.2 Å². The molecule has 0 saturated carbocycles. The Kier molecular flexibility index (Phi) is 3.21. The minimum atomic E-state index is 0.236. The van der Waals surface area contributed by atoms with E-state index >= 15 is 0 Å². The Balaban J connectivity index is 2.01. The second-order valence-corrected chi connectivity index (χ2v) is 4.25. The molecule has 15 heavy (non-hydrogen) atoms. The van der Waals surface area contributed by atoms with Gasteiger partial charge in [-0.3, -0.25) is 4.79 Å². The van der Waals surface area contributed by atoms with Crippen LogP contribution in [0.25, 0.3) is 0 Å². The summed E-state index contributed by atoms with van der Waals surface area (Å²) in [5, 5.41) is 3.25. The van der Waals surface area contributed by atoms with Crippen molar-refractivity contribution in [2.24, 2.45) is 0 Å². The summed E-state index contributed by atoms with van der Waals surface area (Å²) in [5.41, 5.74) is 2.34. The van der Waals surface area contributed by atoms with Crippen LogP contribution in [0.2, 0.25) is 0 Å². The zero-order chi connectivity index (χ0) is 10.7. The lowest BCUT2D eigenvalue weighted by Crippen LogP contribution is -2.46. The van der Waals surface area contributed by atoms with Crippen molar-refractivity contribution >= 4 is 5.91 Å². The first-order valence-electron chi connectivity index (χ1n) is 5.64. The summed E-state index contributed by atoms with van der Waals surface area (Å²) in [6.07, 6.45) is 6.00. The molecule has 1 heterocycles. The molecular weight excluding hydrogens is 188 g/mol. The fourth-order valence-corrected chi connectivity index (χ4v) is 1.99. The number of carbonyl (C=O) groups is 1. The van der Waals surface area contributed by atoms with Crippen molar-refractivity contribution < 1.29 is 4.79 Å². The number of rotatable bonds is 1. The third kappa shape index (κ3) is 2.48. The van der Waals surface area contributed by atoms with E-state index in [1.807, 2.05) is 11.0 Å². The van der Waals surface area contributed by atoms with E-state index in [0.29, 0.717) is 0 Å². The molecule has 2 aliphatic rings. The lowest BCUT2D eigenvalue weighted by atomic mass is 9.98. The maximum Gasteiger partial charge on any atom is 0.249 e. The maximum absolute atomic E-state index is 12.1. The number of nitrogens with one attached hydrogen (secondary N) is 1. The number of piperazine rings is 1. The van der Waals surface area contributed by atoms with Gasteiger partial charge < -0.3 is 10.2 Å². The van der Waals surface area contributed by atoms with E-state index in [1.165, 1.54) is 5.57 Å². The van der Waals surface area contributed by atoms with Gasteiger partial charge in [0, 0.05) is 31.8 Å². The third-order valence-corrected chi connectivity index (χ3v) is 3.04. The SMILES string of the molecule is CC1=CC=C(C(=O)N2CCNCC2)CC1. The van der Waals surface area contributed by atoms with Crippen molar-refractivity contribution in [3.8, 4) is 0 Å². The number of nitrogens with zero attached hydrogens (tertiary/aromatic N) is 1. The monoisotopic (exact) mass is 206 g/mol. The van der Waals surface area contributed by atoms with Crippen LogP contribution in [0.15, 0.2) is 23.3 Å². The minimum Gasteiger partial charge on any atom is -0.336 e. The number of carbonyl (C=O) groups excluding carboxylic acids is 1. The zero-order valence-electron chi connectivity index (χ0n) is 9.25. The van der Waals surface area contributed by atoms with Gasteiger partial charge >= 0.3 is 0 Å². The summed E-state index contributed by atoms with van der Waals surface area (Å²) in [6, 6.07) is 0. The molecule has 82 valence electrons. The van der Waals surface area contributed by atoms with Crippen molar-refractivity contribution in [3.05, 3.63) is 23.3 Å². The van der Waals surface area contributed by atoms with Crippen LogP contribution in [0.1, 0.15) is 19.8 Å². The molecule has 1 fully saturated rings. The molecule has 0 unspecified atom stereocenters. The molecule has 3 nitrogen and oxygen atoms in total. The van der Waals surface area contributed by atoms with E-state index in [9.17, 15) is 4.79 Å². The van der Waals surface area contributed by atoms with Gasteiger partial charge in [0.05, 0.1) is 0 Å². The van der Waals surface area contributed by atoms with Gasteiger partial charge in [-0.2, -0.15) is 0 Å². The number of hydrogen-bond donors (Lipinski definition) is 1. The molecule has 0 bridgehead atoms. The topological polar surface area (TPSA) is 32.3 Å². The van der Waals surface area contributed by atoms with E-state index in [1.54, 1.807) is 0 Å². The van der Waals surface area contributed by atoms with Gasteiger partial charge in [-0.05, 0) is 19.8 Å². The summed E-state index contributed by atoms with van der Waals surface area (Å²) in [5.74, 6) is 0.236. The Labute approximate surface area is 90.8 Å². The molecule has 1 aliphatic carbocycles. The van der Waals surface area contributed by atoms with Crippen LogP contribution < -0.4 is 5.32 Å². The third-order valence-electron chi connectivity index (χ3n) is 3.04. The van der Waals surface area contributed by atoms with Crippen molar-refractivity contribution in [2.45, 2.75) is 19.8 Å². The van der Waals surface area contributed by atoms with Crippen LogP contribution in [-0.2, 0) is 4.79 Å². The highest BCUT2D eigenvalue weighted by Crippen LogP contribution is 2.19. The average Bonchev–Trinajstić information content (AvgIpc) is 2.30. The second kappa shape index (κ2) is 4.62. The molecule has 1 amide bonds. The molecule has 1 N–H and O–H groups in total. The van der Waals surface area contributed by atoms with Gasteiger partial charge in [0.25, 0.3) is 0 Å². The Hall–Kier alpha value is -1.09. The van der Waals surface area contributed by atoms with E-state index in [-0.39, 0.29) is 5.91 Å². The highest BCUT2D eigenvalue weighted by Gasteiger charge is 2.20. The molecular formula is C12H18N2O. The lowest BCUT2D eigenvalue weighted by Gasteiger charge is -2.28. The predicted molar refractivity (Wildman–Crippen MR) is 60.5 cm³/mol. The fraction of sp³-hybridized carbons (Fsp3) is 0.583. The van der Waals surface area contributed by atoms with Crippen LogP contribution >= 0.6 is 0 Å². The van der Waals surface area contributed by atoms with Crippen LogP contribution in [-0.4, -0.2) is 37.0 Å². The van der Waals surface area contributed by atoms with Crippen molar-refractivity contribution in [2.75, 3.05) is 26.2 Å². The minimum absolute atomic E-state index is 0.236. The molecule has 0 aromatic rings. The molecule has 0 atom stereocenters. The quantitative estimate of drug-likeness (QED) is 0.696. The molecule has 2 rings (SSSR count). The normalized spacial score (nSPS) is 22.1. The summed E-state index contributed by atoms with van der Waals surface area (Å²) in [6.45, 7) is 5.65. The highest BCUT2D eigenvalue weighted by atomic mass is 16.2. The van der Waals surface area contributed by atoms with E-state index in [4.69, 9.17) is 0 Å². The Bertz CT molecular complexity index is 312. The number of hydrogen-bond acceptors (Lipinski definition) is 2. The highest BCUT2D eigenvalue weighted by molar-refractivity contribution is 5.94. The van der Waals surface area contributed by atoms with Gasteiger partial charge in [-0.1, -0.05) is 17.7 Å². The zero-order valence-corrected chi connectivity index (χ0v) is 9.25. The van der Waals surface area contributed by atoms with E-state index in [0.717, 1.165) is 44.6 Å². The largest absolute Gasteiger partial charge is 0.336 e. The standard InChI is InChI=1S/C12H18N2O/c1-10-2-4-11(5-3-10)12(15)14-8-6-13-7-9-14/h2,4,13H,3,5-9H2,1H3. The van der Waals surface area contributed by atoms with E-state index < -0.39 is 0 Å². The molecule has 0 radical (unpaired) electrons. The average molecular weight is 206 g/mol. The van der Waals surface area contributed by atoms with Crippen LogP contribution in [0.4, 0.5) is 0 Å². The van der Waals surface area contributed by atoms with Crippen molar-refractivity contribution in [3.63, 3.8) is 0 Å². The first-order chi connectivity index (χ1) is 7.27. The summed E-state index contributed by atoms with van der Waals surface area (Å²) < 4.78 is 0. The van der Waals surface area contributed by atoms with Gasteiger partial charge in [0.1, 0.15) is 0 Å². The summed E-state index contributed by atoms with van der Waals surface area (Å²) in [7, 11) is 0. The van der Waals surface area contributed by atoms with Gasteiger partial charge in [-0.25, -0.2) is 0 Å². The molecule has 3 heteroatoms. The molecule has 0 aromatic heterocycles. The van der Waals surface area contributed by atoms with Gasteiger partial charge in [-0.15, -0.1) is 0 Å². The second-order valence-electron chi connectivity index (χ2n) is 4.25. The molecule has 0 aromatic carbocycles. The Morgan fingerprint density at radius 1 is 1.27 bits per heavy atom. The Morgan fingerprint density at radius 2 is 2.00 bits per heavy atom. The number of allylic oxidation sites excluding steroid dienone is 3. The summed E-state index contributed by atoms with van der Waals surface area (Å²) >= 11 is 0. The maximum atomic E-state index is 12.1. The first kappa shape index (κ1) is 10.4.